The zero-order chi connectivity index (χ0) is 17.2. The molecule has 0 unspecified atom stereocenters. The van der Waals surface area contributed by atoms with Gasteiger partial charge in [0, 0.05) is 6.54 Å². The van der Waals surface area contributed by atoms with Crippen molar-refractivity contribution in [2.24, 2.45) is 0 Å². The molecule has 6 heteroatoms. The van der Waals surface area contributed by atoms with Gasteiger partial charge in [0.1, 0.15) is 5.54 Å². The molecule has 0 bridgehead atoms. The second-order valence-electron chi connectivity index (χ2n) is 7.13. The van der Waals surface area contributed by atoms with Crippen LogP contribution in [0.2, 0.25) is 0 Å². The standard InChI is InChI=1S/C16H26N2O3S/c1-15(2,3)13-9-7-12(8-10-13)11-17-14(19)16(4,5)18-22(6,20)21/h7-10,18H,11H2,1-6H3,(H,17,19). The molecule has 2 N–H and O–H groups in total. The topological polar surface area (TPSA) is 75.3 Å². The van der Waals surface area contributed by atoms with Crippen LogP contribution in [0.5, 0.6) is 0 Å². The molecule has 0 aliphatic heterocycles. The molecule has 1 amide bonds. The normalized spacial score (nSPS) is 13.0. The van der Waals surface area contributed by atoms with Crippen molar-refractivity contribution >= 4 is 15.9 Å². The van der Waals surface area contributed by atoms with E-state index in [-0.39, 0.29) is 11.3 Å². The van der Waals surface area contributed by atoms with E-state index in [0.29, 0.717) is 6.54 Å². The molecule has 0 aromatic heterocycles. The molecule has 0 heterocycles. The van der Waals surface area contributed by atoms with Crippen LogP contribution in [0.3, 0.4) is 0 Å². The van der Waals surface area contributed by atoms with Crippen LogP contribution in [-0.2, 0) is 26.8 Å². The highest BCUT2D eigenvalue weighted by atomic mass is 32.2. The Hall–Kier alpha value is -1.40. The van der Waals surface area contributed by atoms with Crippen LogP contribution in [-0.4, -0.2) is 26.1 Å². The molecule has 0 saturated carbocycles. The molecule has 5 nitrogen and oxygen atoms in total. The summed E-state index contributed by atoms with van der Waals surface area (Å²) in [6.07, 6.45) is 1.03. The quantitative estimate of drug-likeness (QED) is 0.868. The lowest BCUT2D eigenvalue weighted by Gasteiger charge is -2.24. The zero-order valence-corrected chi connectivity index (χ0v) is 15.0. The van der Waals surface area contributed by atoms with Gasteiger partial charge < -0.3 is 5.32 Å². The fourth-order valence-electron chi connectivity index (χ4n) is 2.04. The summed E-state index contributed by atoms with van der Waals surface area (Å²) in [6.45, 7) is 9.85. The van der Waals surface area contributed by atoms with Gasteiger partial charge in [-0.05, 0) is 30.4 Å². The third-order valence-corrected chi connectivity index (χ3v) is 4.16. The van der Waals surface area contributed by atoms with Crippen LogP contribution in [0.15, 0.2) is 24.3 Å². The third kappa shape index (κ3) is 5.77. The molecule has 0 aliphatic rings. The van der Waals surface area contributed by atoms with Gasteiger partial charge in [0.15, 0.2) is 0 Å². The first-order valence-corrected chi connectivity index (χ1v) is 9.07. The van der Waals surface area contributed by atoms with Gasteiger partial charge in [-0.1, -0.05) is 45.0 Å². The lowest BCUT2D eigenvalue weighted by atomic mass is 9.87. The summed E-state index contributed by atoms with van der Waals surface area (Å²) in [5.41, 5.74) is 1.10. The maximum absolute atomic E-state index is 12.1. The minimum atomic E-state index is -3.44. The molecule has 124 valence electrons. The van der Waals surface area contributed by atoms with E-state index in [0.717, 1.165) is 11.8 Å². The molecule has 22 heavy (non-hydrogen) atoms. The summed E-state index contributed by atoms with van der Waals surface area (Å²) in [7, 11) is -3.44. The van der Waals surface area contributed by atoms with E-state index in [4.69, 9.17) is 0 Å². The van der Waals surface area contributed by atoms with E-state index < -0.39 is 15.6 Å². The van der Waals surface area contributed by atoms with Crippen molar-refractivity contribution in [1.82, 2.24) is 10.0 Å². The third-order valence-electron chi connectivity index (χ3n) is 3.28. The van der Waals surface area contributed by atoms with Gasteiger partial charge in [0.25, 0.3) is 0 Å². The van der Waals surface area contributed by atoms with Gasteiger partial charge in [-0.3, -0.25) is 4.79 Å². The van der Waals surface area contributed by atoms with Gasteiger partial charge in [-0.25, -0.2) is 13.1 Å². The Morgan fingerprint density at radius 2 is 1.55 bits per heavy atom. The highest BCUT2D eigenvalue weighted by Crippen LogP contribution is 2.22. The molecular weight excluding hydrogens is 300 g/mol. The van der Waals surface area contributed by atoms with Crippen molar-refractivity contribution < 1.29 is 13.2 Å². The highest BCUT2D eigenvalue weighted by molar-refractivity contribution is 7.88. The van der Waals surface area contributed by atoms with Crippen molar-refractivity contribution in [3.05, 3.63) is 35.4 Å². The summed E-state index contributed by atoms with van der Waals surface area (Å²) in [6, 6.07) is 8.03. The molecule has 0 fully saturated rings. The summed E-state index contributed by atoms with van der Waals surface area (Å²) >= 11 is 0. The van der Waals surface area contributed by atoms with Crippen LogP contribution in [0.25, 0.3) is 0 Å². The minimum absolute atomic E-state index is 0.0865. The van der Waals surface area contributed by atoms with Crippen molar-refractivity contribution in [1.29, 1.82) is 0 Å². The monoisotopic (exact) mass is 326 g/mol. The Morgan fingerprint density at radius 3 is 1.95 bits per heavy atom. The van der Waals surface area contributed by atoms with Crippen molar-refractivity contribution in [2.45, 2.75) is 52.1 Å². The van der Waals surface area contributed by atoms with Crippen molar-refractivity contribution in [3.8, 4) is 0 Å². The maximum Gasteiger partial charge on any atom is 0.240 e. The molecular formula is C16H26N2O3S. The van der Waals surface area contributed by atoms with Gasteiger partial charge in [0.05, 0.1) is 6.26 Å². The van der Waals surface area contributed by atoms with E-state index in [1.54, 1.807) is 0 Å². The van der Waals surface area contributed by atoms with Crippen LogP contribution < -0.4 is 10.0 Å². The Balaban J connectivity index is 2.68. The number of nitrogens with one attached hydrogen (secondary N) is 2. The molecule has 1 aromatic carbocycles. The maximum atomic E-state index is 12.1. The first-order valence-electron chi connectivity index (χ1n) is 7.18. The smallest absolute Gasteiger partial charge is 0.240 e. The fraction of sp³-hybridized carbons (Fsp3) is 0.562. The molecule has 1 rings (SSSR count). The molecule has 0 aliphatic carbocycles. The molecule has 0 radical (unpaired) electrons. The summed E-state index contributed by atoms with van der Waals surface area (Å²) < 4.78 is 24.9. The Kier molecular flexibility index (Phi) is 5.41. The summed E-state index contributed by atoms with van der Waals surface area (Å²) in [4.78, 5) is 12.1. The Bertz CT molecular complexity index is 626. The predicted molar refractivity (Wildman–Crippen MR) is 89.0 cm³/mol. The van der Waals surface area contributed by atoms with Gasteiger partial charge in [-0.15, -0.1) is 0 Å². The average molecular weight is 326 g/mol. The predicted octanol–water partition coefficient (Wildman–Crippen LogP) is 1.93. The number of rotatable bonds is 5. The minimum Gasteiger partial charge on any atom is -0.350 e. The molecule has 0 saturated heterocycles. The number of amides is 1. The first-order chi connectivity index (χ1) is 9.81. The first kappa shape index (κ1) is 18.6. The van der Waals surface area contributed by atoms with E-state index in [1.165, 1.54) is 19.4 Å². The Morgan fingerprint density at radius 1 is 1.05 bits per heavy atom. The lowest BCUT2D eigenvalue weighted by molar-refractivity contribution is -0.125. The lowest BCUT2D eigenvalue weighted by Crippen LogP contribution is -2.54. The number of hydrogen-bond acceptors (Lipinski definition) is 3. The number of benzene rings is 1. The van der Waals surface area contributed by atoms with Gasteiger partial charge in [-0.2, -0.15) is 0 Å². The average Bonchev–Trinajstić information content (AvgIpc) is 2.32. The van der Waals surface area contributed by atoms with E-state index in [1.807, 2.05) is 24.3 Å². The van der Waals surface area contributed by atoms with Crippen LogP contribution in [0, 0.1) is 0 Å². The van der Waals surface area contributed by atoms with Crippen molar-refractivity contribution in [3.63, 3.8) is 0 Å². The number of carbonyl (C=O) groups excluding carboxylic acids is 1. The molecule has 1 aromatic rings. The van der Waals surface area contributed by atoms with Crippen molar-refractivity contribution in [2.75, 3.05) is 6.26 Å². The fourth-order valence-corrected chi connectivity index (χ4v) is 3.06. The molecule has 0 atom stereocenters. The van der Waals surface area contributed by atoms with E-state index >= 15 is 0 Å². The van der Waals surface area contributed by atoms with Gasteiger partial charge >= 0.3 is 0 Å². The van der Waals surface area contributed by atoms with E-state index in [9.17, 15) is 13.2 Å². The largest absolute Gasteiger partial charge is 0.350 e. The summed E-state index contributed by atoms with van der Waals surface area (Å²) in [5, 5.41) is 2.75. The number of carbonyl (C=O) groups is 1. The number of sulfonamides is 1. The van der Waals surface area contributed by atoms with E-state index in [2.05, 4.69) is 30.8 Å². The second-order valence-corrected chi connectivity index (χ2v) is 8.88. The van der Waals surface area contributed by atoms with Crippen LogP contribution >= 0.6 is 0 Å². The molecule has 0 spiro atoms. The van der Waals surface area contributed by atoms with Crippen LogP contribution in [0.1, 0.15) is 45.7 Å². The van der Waals surface area contributed by atoms with Gasteiger partial charge in [0.2, 0.25) is 15.9 Å². The number of hydrogen-bond donors (Lipinski definition) is 2. The van der Waals surface area contributed by atoms with Crippen LogP contribution in [0.4, 0.5) is 0 Å². The SMILES string of the molecule is CC(C)(NS(C)(=O)=O)C(=O)NCc1ccc(C(C)(C)C)cc1. The highest BCUT2D eigenvalue weighted by Gasteiger charge is 2.30. The summed E-state index contributed by atoms with van der Waals surface area (Å²) in [5.74, 6) is -0.363. The zero-order valence-electron chi connectivity index (χ0n) is 14.1. The second kappa shape index (κ2) is 6.38. The Labute approximate surface area is 133 Å².